The summed E-state index contributed by atoms with van der Waals surface area (Å²) in [6.07, 6.45) is 2.80. The minimum absolute atomic E-state index is 0.00839. The Balaban J connectivity index is 2.01. The number of anilines is 1. The maximum atomic E-state index is 12.7. The Morgan fingerprint density at radius 1 is 1.04 bits per heavy atom. The normalized spacial score (nSPS) is 16.5. The second-order valence-corrected chi connectivity index (χ2v) is 5.74. The molecule has 1 saturated heterocycles. The van der Waals surface area contributed by atoms with Crippen LogP contribution >= 0.6 is 23.8 Å². The second kappa shape index (κ2) is 6.38. The first kappa shape index (κ1) is 16.1. The quantitative estimate of drug-likeness (QED) is 0.487. The maximum absolute atomic E-state index is 12.7. The van der Waals surface area contributed by atoms with Gasteiger partial charge in [-0.3, -0.25) is 24.6 Å². The first-order valence-corrected chi connectivity index (χ1v) is 7.60. The van der Waals surface area contributed by atoms with E-state index < -0.39 is 11.8 Å². The van der Waals surface area contributed by atoms with Gasteiger partial charge in [-0.25, -0.2) is 0 Å². The van der Waals surface area contributed by atoms with Gasteiger partial charge in [0.25, 0.3) is 11.8 Å². The van der Waals surface area contributed by atoms with Gasteiger partial charge in [0.15, 0.2) is 5.11 Å². The van der Waals surface area contributed by atoms with Gasteiger partial charge in [0, 0.05) is 17.3 Å². The number of hydrogen-bond acceptors (Lipinski definition) is 4. The van der Waals surface area contributed by atoms with Crippen LogP contribution in [0.4, 0.5) is 5.69 Å². The molecule has 0 radical (unpaired) electrons. The van der Waals surface area contributed by atoms with Crippen LogP contribution in [0.2, 0.25) is 5.02 Å². The molecule has 8 heteroatoms. The topological polar surface area (TPSA) is 82.3 Å². The number of aromatic nitrogens is 1. The predicted molar refractivity (Wildman–Crippen MR) is 94.7 cm³/mol. The number of benzene rings is 1. The summed E-state index contributed by atoms with van der Waals surface area (Å²) in [7, 11) is 0. The molecule has 0 bridgehead atoms. The molecule has 0 aliphatic carbocycles. The zero-order chi connectivity index (χ0) is 17.3. The summed E-state index contributed by atoms with van der Waals surface area (Å²) in [6, 6.07) is 9.30. The van der Waals surface area contributed by atoms with Crippen molar-refractivity contribution in [1.82, 2.24) is 10.3 Å². The minimum Gasteiger partial charge on any atom is -0.329 e. The van der Waals surface area contributed by atoms with Crippen LogP contribution in [-0.2, 0) is 9.59 Å². The van der Waals surface area contributed by atoms with E-state index in [4.69, 9.17) is 23.8 Å². The molecule has 1 aliphatic heterocycles. The number of nitrogens with one attached hydrogen (secondary N) is 2. The number of nitrogens with zero attached hydrogens (tertiary/aromatic N) is 1. The van der Waals surface area contributed by atoms with Crippen LogP contribution in [-0.4, -0.2) is 21.9 Å². The molecule has 1 aromatic heterocycles. The van der Waals surface area contributed by atoms with E-state index in [0.717, 1.165) is 0 Å². The van der Waals surface area contributed by atoms with Crippen molar-refractivity contribution in [1.29, 1.82) is 0 Å². The van der Waals surface area contributed by atoms with Gasteiger partial charge in [0.2, 0.25) is 5.56 Å². The lowest BCUT2D eigenvalue weighted by Crippen LogP contribution is -2.54. The standard InChI is InChI=1S/C16H10ClN3O3S/c17-10-2-4-11(5-3-10)20-15(23)12(14(22)19-16(20)24)7-9-1-6-13(21)18-8-9/h1-8H,(H,18,21)(H,19,22,24). The van der Waals surface area contributed by atoms with Crippen molar-refractivity contribution in [2.75, 3.05) is 4.90 Å². The smallest absolute Gasteiger partial charge is 0.270 e. The molecule has 0 saturated carbocycles. The van der Waals surface area contributed by atoms with Crippen molar-refractivity contribution in [3.05, 3.63) is 69.1 Å². The Bertz CT molecular complexity index is 914. The van der Waals surface area contributed by atoms with E-state index >= 15 is 0 Å². The number of halogens is 1. The SMILES string of the molecule is O=C1NC(=S)N(c2ccc(Cl)cc2)C(=O)C1=Cc1ccc(=O)[nH]c1. The summed E-state index contributed by atoms with van der Waals surface area (Å²) in [5.74, 6) is -1.15. The number of thiocarbonyl (C=S) groups is 1. The monoisotopic (exact) mass is 359 g/mol. The van der Waals surface area contributed by atoms with Gasteiger partial charge in [0.1, 0.15) is 5.57 Å². The third-order valence-corrected chi connectivity index (χ3v) is 3.84. The van der Waals surface area contributed by atoms with Crippen LogP contribution in [0.15, 0.2) is 53.0 Å². The van der Waals surface area contributed by atoms with Gasteiger partial charge in [-0.2, -0.15) is 0 Å². The van der Waals surface area contributed by atoms with Gasteiger partial charge in [-0.1, -0.05) is 11.6 Å². The van der Waals surface area contributed by atoms with Gasteiger partial charge >= 0.3 is 0 Å². The summed E-state index contributed by atoms with van der Waals surface area (Å²) in [5.41, 5.74) is 0.630. The second-order valence-electron chi connectivity index (χ2n) is 4.92. The molecular formula is C16H10ClN3O3S. The number of H-pyrrole nitrogens is 1. The minimum atomic E-state index is -0.596. The summed E-state index contributed by atoms with van der Waals surface area (Å²) in [5, 5.41) is 2.99. The van der Waals surface area contributed by atoms with Crippen molar-refractivity contribution in [3.8, 4) is 0 Å². The number of rotatable bonds is 2. The van der Waals surface area contributed by atoms with E-state index in [2.05, 4.69) is 10.3 Å². The summed E-state index contributed by atoms with van der Waals surface area (Å²) in [4.78, 5) is 39.6. The molecule has 24 heavy (non-hydrogen) atoms. The number of pyridine rings is 1. The molecule has 6 nitrogen and oxygen atoms in total. The Hall–Kier alpha value is -2.77. The molecular weight excluding hydrogens is 350 g/mol. The molecule has 2 aromatic rings. The zero-order valence-electron chi connectivity index (χ0n) is 12.1. The fraction of sp³-hybridized carbons (Fsp3) is 0. The summed E-state index contributed by atoms with van der Waals surface area (Å²) in [6.45, 7) is 0. The largest absolute Gasteiger partial charge is 0.329 e. The third-order valence-electron chi connectivity index (χ3n) is 3.31. The summed E-state index contributed by atoms with van der Waals surface area (Å²) >= 11 is 10.9. The number of hydrogen-bond donors (Lipinski definition) is 2. The number of carbonyl (C=O) groups excluding carboxylic acids is 2. The lowest BCUT2D eigenvalue weighted by Gasteiger charge is -2.28. The van der Waals surface area contributed by atoms with E-state index in [0.29, 0.717) is 16.3 Å². The van der Waals surface area contributed by atoms with Crippen molar-refractivity contribution in [3.63, 3.8) is 0 Å². The highest BCUT2D eigenvalue weighted by atomic mass is 35.5. The molecule has 2 heterocycles. The Morgan fingerprint density at radius 2 is 1.75 bits per heavy atom. The Labute approximate surface area is 146 Å². The first-order chi connectivity index (χ1) is 11.5. The van der Waals surface area contributed by atoms with Crippen LogP contribution in [0.3, 0.4) is 0 Å². The molecule has 0 unspecified atom stereocenters. The van der Waals surface area contributed by atoms with Gasteiger partial charge in [-0.05, 0) is 54.2 Å². The third kappa shape index (κ3) is 3.12. The Kier molecular flexibility index (Phi) is 4.28. The van der Waals surface area contributed by atoms with Crippen molar-refractivity contribution < 1.29 is 9.59 Å². The van der Waals surface area contributed by atoms with Gasteiger partial charge in [0.05, 0.1) is 5.69 Å². The molecule has 0 atom stereocenters. The highest BCUT2D eigenvalue weighted by Crippen LogP contribution is 2.23. The summed E-state index contributed by atoms with van der Waals surface area (Å²) < 4.78 is 0. The van der Waals surface area contributed by atoms with Crippen molar-refractivity contribution >= 4 is 52.5 Å². The van der Waals surface area contributed by atoms with Crippen molar-refractivity contribution in [2.45, 2.75) is 0 Å². The molecule has 1 fully saturated rings. The van der Waals surface area contributed by atoms with Crippen LogP contribution in [0.1, 0.15) is 5.56 Å². The average molecular weight is 360 g/mol. The van der Waals surface area contributed by atoms with Crippen LogP contribution < -0.4 is 15.8 Å². The number of carbonyl (C=O) groups is 2. The van der Waals surface area contributed by atoms with E-state index in [1.807, 2.05) is 0 Å². The van der Waals surface area contributed by atoms with E-state index in [1.165, 1.54) is 29.3 Å². The molecule has 2 N–H and O–H groups in total. The zero-order valence-corrected chi connectivity index (χ0v) is 13.6. The fourth-order valence-corrected chi connectivity index (χ4v) is 2.57. The van der Waals surface area contributed by atoms with Crippen LogP contribution in [0.25, 0.3) is 6.08 Å². The predicted octanol–water partition coefficient (Wildman–Crippen LogP) is 1.86. The van der Waals surface area contributed by atoms with E-state index in [9.17, 15) is 14.4 Å². The van der Waals surface area contributed by atoms with Crippen LogP contribution in [0, 0.1) is 0 Å². The lowest BCUT2D eigenvalue weighted by atomic mass is 10.1. The molecule has 3 rings (SSSR count). The molecule has 1 aliphatic rings. The highest BCUT2D eigenvalue weighted by molar-refractivity contribution is 7.80. The first-order valence-electron chi connectivity index (χ1n) is 6.81. The number of aromatic amines is 1. The van der Waals surface area contributed by atoms with Gasteiger partial charge in [-0.15, -0.1) is 0 Å². The van der Waals surface area contributed by atoms with Gasteiger partial charge < -0.3 is 4.98 Å². The average Bonchev–Trinajstić information content (AvgIpc) is 2.55. The lowest BCUT2D eigenvalue weighted by molar-refractivity contribution is -0.122. The van der Waals surface area contributed by atoms with E-state index in [-0.39, 0.29) is 16.2 Å². The fourth-order valence-electron chi connectivity index (χ4n) is 2.16. The Morgan fingerprint density at radius 3 is 2.38 bits per heavy atom. The van der Waals surface area contributed by atoms with E-state index in [1.54, 1.807) is 24.3 Å². The molecule has 1 aromatic carbocycles. The van der Waals surface area contributed by atoms with Crippen LogP contribution in [0.5, 0.6) is 0 Å². The molecule has 120 valence electrons. The maximum Gasteiger partial charge on any atom is 0.270 e. The van der Waals surface area contributed by atoms with Crippen molar-refractivity contribution in [2.24, 2.45) is 0 Å². The highest BCUT2D eigenvalue weighted by Gasteiger charge is 2.34. The number of amides is 2. The molecule has 0 spiro atoms. The molecule has 2 amide bonds.